The maximum Gasteiger partial charge on any atom is 0.184 e. The van der Waals surface area contributed by atoms with E-state index in [4.69, 9.17) is 4.74 Å². The first-order chi connectivity index (χ1) is 6.33. The maximum atomic E-state index is 11.2. The van der Waals surface area contributed by atoms with Gasteiger partial charge in [0.1, 0.15) is 24.6 Å². The zero-order chi connectivity index (χ0) is 9.26. The van der Waals surface area contributed by atoms with Gasteiger partial charge in [-0.1, -0.05) is 18.2 Å². The molecule has 1 unspecified atom stereocenters. The first kappa shape index (κ1) is 7.98. The predicted octanol–water partition coefficient (Wildman–Crippen LogP) is 0.931. The topological polar surface area (TPSA) is 43.4 Å². The quantitative estimate of drug-likeness (QED) is 0.472. The van der Waals surface area contributed by atoms with E-state index in [-0.39, 0.29) is 12.4 Å². The molecule has 0 radical (unpaired) electrons. The first-order valence-corrected chi connectivity index (χ1v) is 4.02. The smallest absolute Gasteiger partial charge is 0.184 e. The van der Waals surface area contributed by atoms with Crippen LogP contribution < -0.4 is 4.74 Å². The van der Waals surface area contributed by atoms with E-state index >= 15 is 0 Å². The fraction of sp³-hybridized carbons (Fsp3) is 0.200. The molecular weight excluding hydrogens is 168 g/mol. The summed E-state index contributed by atoms with van der Waals surface area (Å²) in [6.07, 6.45) is 0.670. The number of ether oxygens (including phenoxy) is 1. The lowest BCUT2D eigenvalue weighted by Gasteiger charge is -2.20. The minimum Gasteiger partial charge on any atom is -0.485 e. The molecule has 0 saturated carbocycles. The maximum absolute atomic E-state index is 11.2. The van der Waals surface area contributed by atoms with E-state index < -0.39 is 5.92 Å². The van der Waals surface area contributed by atoms with E-state index in [0.29, 0.717) is 17.6 Å². The van der Waals surface area contributed by atoms with Crippen LogP contribution in [0.3, 0.4) is 0 Å². The first-order valence-electron chi connectivity index (χ1n) is 4.02. The summed E-state index contributed by atoms with van der Waals surface area (Å²) in [6, 6.07) is 7.11. The lowest BCUT2D eigenvalue weighted by molar-refractivity contribution is -0.126. The molecule has 1 atom stereocenters. The van der Waals surface area contributed by atoms with E-state index in [1.165, 1.54) is 0 Å². The van der Waals surface area contributed by atoms with Crippen LogP contribution in [-0.4, -0.2) is 18.7 Å². The van der Waals surface area contributed by atoms with Crippen LogP contribution in [0.25, 0.3) is 0 Å². The molecule has 0 saturated heterocycles. The summed E-state index contributed by atoms with van der Waals surface area (Å²) < 4.78 is 5.16. The molecule has 0 spiro atoms. The summed E-state index contributed by atoms with van der Waals surface area (Å²) in [5.41, 5.74) is 0.675. The number of Topliss-reactive ketones (excluding diaryl/α,β-unsaturated/α-hetero) is 1. The van der Waals surface area contributed by atoms with Crippen molar-refractivity contribution in [2.75, 3.05) is 6.61 Å². The van der Waals surface area contributed by atoms with Gasteiger partial charge in [-0.25, -0.2) is 0 Å². The molecule has 66 valence electrons. The SMILES string of the molecule is O=CC1C(=O)COc2ccccc21. The van der Waals surface area contributed by atoms with Crippen molar-refractivity contribution in [3.8, 4) is 5.75 Å². The highest BCUT2D eigenvalue weighted by Gasteiger charge is 2.27. The Morgan fingerprint density at radius 3 is 2.92 bits per heavy atom. The molecule has 0 fully saturated rings. The molecule has 0 aromatic heterocycles. The van der Waals surface area contributed by atoms with Crippen LogP contribution in [0, 0.1) is 0 Å². The normalized spacial score (nSPS) is 20.3. The number of carbonyl (C=O) groups is 2. The molecule has 0 N–H and O–H groups in total. The molecule has 13 heavy (non-hydrogen) atoms. The Labute approximate surface area is 75.3 Å². The summed E-state index contributed by atoms with van der Waals surface area (Å²) in [7, 11) is 0. The second kappa shape index (κ2) is 3.01. The van der Waals surface area contributed by atoms with Crippen LogP contribution in [-0.2, 0) is 9.59 Å². The van der Waals surface area contributed by atoms with Crippen LogP contribution in [0.5, 0.6) is 5.75 Å². The van der Waals surface area contributed by atoms with Crippen molar-refractivity contribution in [2.45, 2.75) is 5.92 Å². The van der Waals surface area contributed by atoms with Crippen LogP contribution in [0.2, 0.25) is 0 Å². The zero-order valence-electron chi connectivity index (χ0n) is 6.90. The Morgan fingerprint density at radius 1 is 1.38 bits per heavy atom. The van der Waals surface area contributed by atoms with Crippen LogP contribution >= 0.6 is 0 Å². The van der Waals surface area contributed by atoms with E-state index in [0.717, 1.165) is 0 Å². The standard InChI is InChI=1S/C10H8O3/c11-5-8-7-3-1-2-4-10(7)13-6-9(8)12/h1-5,8H,6H2. The van der Waals surface area contributed by atoms with Crippen molar-refractivity contribution in [2.24, 2.45) is 0 Å². The van der Waals surface area contributed by atoms with Crippen molar-refractivity contribution in [3.63, 3.8) is 0 Å². The average molecular weight is 176 g/mol. The van der Waals surface area contributed by atoms with Crippen molar-refractivity contribution in [1.82, 2.24) is 0 Å². The molecule has 2 rings (SSSR count). The predicted molar refractivity (Wildman–Crippen MR) is 45.7 cm³/mol. The van der Waals surface area contributed by atoms with Gasteiger partial charge in [0.15, 0.2) is 5.78 Å². The molecule has 1 heterocycles. The molecule has 3 nitrogen and oxygen atoms in total. The second-order valence-corrected chi connectivity index (χ2v) is 2.91. The number of ketones is 1. The third-order valence-corrected chi connectivity index (χ3v) is 2.11. The van der Waals surface area contributed by atoms with Gasteiger partial charge in [0.05, 0.1) is 0 Å². The molecular formula is C10H8O3. The Kier molecular flexibility index (Phi) is 1.85. The number of para-hydroxylation sites is 1. The van der Waals surface area contributed by atoms with Crippen molar-refractivity contribution in [3.05, 3.63) is 29.8 Å². The van der Waals surface area contributed by atoms with Gasteiger partial charge in [-0.05, 0) is 6.07 Å². The van der Waals surface area contributed by atoms with E-state index in [2.05, 4.69) is 0 Å². The van der Waals surface area contributed by atoms with Gasteiger partial charge in [-0.3, -0.25) is 4.79 Å². The molecule has 1 aromatic carbocycles. The van der Waals surface area contributed by atoms with Gasteiger partial charge >= 0.3 is 0 Å². The third-order valence-electron chi connectivity index (χ3n) is 2.11. The van der Waals surface area contributed by atoms with Crippen LogP contribution in [0.15, 0.2) is 24.3 Å². The summed E-state index contributed by atoms with van der Waals surface area (Å²) in [5.74, 6) is -0.169. The fourth-order valence-electron chi connectivity index (χ4n) is 1.43. The Hall–Kier alpha value is -1.64. The number of hydrogen-bond donors (Lipinski definition) is 0. The number of hydrogen-bond acceptors (Lipinski definition) is 3. The molecule has 1 aliphatic rings. The molecule has 0 amide bonds. The van der Waals surface area contributed by atoms with Gasteiger partial charge < -0.3 is 9.53 Å². The van der Waals surface area contributed by atoms with Gasteiger partial charge in [0, 0.05) is 5.56 Å². The summed E-state index contributed by atoms with van der Waals surface area (Å²) in [6.45, 7) is 0.000417. The minimum atomic E-state index is -0.634. The van der Waals surface area contributed by atoms with Crippen LogP contribution in [0.1, 0.15) is 11.5 Å². The summed E-state index contributed by atoms with van der Waals surface area (Å²) >= 11 is 0. The average Bonchev–Trinajstić information content (AvgIpc) is 2.18. The second-order valence-electron chi connectivity index (χ2n) is 2.91. The monoisotopic (exact) mass is 176 g/mol. The van der Waals surface area contributed by atoms with E-state index in [1.54, 1.807) is 18.2 Å². The highest BCUT2D eigenvalue weighted by molar-refractivity contribution is 6.01. The molecule has 1 aromatic rings. The molecule has 1 aliphatic heterocycles. The number of carbonyl (C=O) groups excluding carboxylic acids is 2. The van der Waals surface area contributed by atoms with Crippen molar-refractivity contribution >= 4 is 12.1 Å². The van der Waals surface area contributed by atoms with E-state index in [9.17, 15) is 9.59 Å². The van der Waals surface area contributed by atoms with Gasteiger partial charge in [0.25, 0.3) is 0 Å². The third kappa shape index (κ3) is 1.22. The van der Waals surface area contributed by atoms with Crippen LogP contribution in [0.4, 0.5) is 0 Å². The molecule has 3 heteroatoms. The Balaban J connectivity index is 2.50. The van der Waals surface area contributed by atoms with Gasteiger partial charge in [-0.2, -0.15) is 0 Å². The molecule has 0 bridgehead atoms. The number of rotatable bonds is 1. The zero-order valence-corrected chi connectivity index (χ0v) is 6.90. The highest BCUT2D eigenvalue weighted by atomic mass is 16.5. The lowest BCUT2D eigenvalue weighted by Crippen LogP contribution is -2.26. The summed E-state index contributed by atoms with van der Waals surface area (Å²) in [5, 5.41) is 0. The van der Waals surface area contributed by atoms with Gasteiger partial charge in [0.2, 0.25) is 0 Å². The largest absolute Gasteiger partial charge is 0.485 e. The number of fused-ring (bicyclic) bond motifs is 1. The minimum absolute atomic E-state index is 0.000417. The number of aldehydes is 1. The fourth-order valence-corrected chi connectivity index (χ4v) is 1.43. The Bertz CT molecular complexity index is 357. The van der Waals surface area contributed by atoms with Gasteiger partial charge in [-0.15, -0.1) is 0 Å². The number of benzene rings is 1. The van der Waals surface area contributed by atoms with E-state index in [1.807, 2.05) is 6.07 Å². The Morgan fingerprint density at radius 2 is 2.15 bits per heavy atom. The van der Waals surface area contributed by atoms with Crippen molar-refractivity contribution < 1.29 is 14.3 Å². The highest BCUT2D eigenvalue weighted by Crippen LogP contribution is 2.29. The lowest BCUT2D eigenvalue weighted by atomic mass is 9.94. The molecule has 0 aliphatic carbocycles. The van der Waals surface area contributed by atoms with Crippen molar-refractivity contribution in [1.29, 1.82) is 0 Å². The summed E-state index contributed by atoms with van der Waals surface area (Å²) in [4.78, 5) is 21.9.